The highest BCUT2D eigenvalue weighted by atomic mass is 19.3. The van der Waals surface area contributed by atoms with Gasteiger partial charge in [0, 0.05) is 49.4 Å². The molecule has 0 radical (unpaired) electrons. The first-order chi connectivity index (χ1) is 15.9. The number of hydrogen-bond donors (Lipinski definition) is 2. The summed E-state index contributed by atoms with van der Waals surface area (Å²) in [5, 5.41) is 22.5. The number of likely N-dealkylation sites (tertiary alicyclic amines) is 1. The van der Waals surface area contributed by atoms with Crippen LogP contribution < -0.4 is 5.32 Å². The molecule has 1 saturated heterocycles. The fourth-order valence-corrected chi connectivity index (χ4v) is 4.22. The molecule has 0 saturated carbocycles. The van der Waals surface area contributed by atoms with Crippen LogP contribution in [0.15, 0.2) is 40.5 Å². The number of halogens is 2. The second-order valence-corrected chi connectivity index (χ2v) is 7.58. The Morgan fingerprint density at radius 2 is 2.28 bits per heavy atom. The number of fused-ring (bicyclic) bond motifs is 1. The SMILES string of the molecule is [2H]C([2H])([2H])C([2H])([2H])N1CCCC(NC2=CN(C)[C@@H](c3ccc4c(c3O)CCC4=C(F)F)N=N2)C1. The van der Waals surface area contributed by atoms with Crippen LogP contribution in [0, 0.1) is 0 Å². The third kappa shape index (κ3) is 3.85. The molecule has 1 aliphatic carbocycles. The average molecular weight is 409 g/mol. The number of piperidine rings is 1. The first-order valence-electron chi connectivity index (χ1n) is 12.2. The van der Waals surface area contributed by atoms with Gasteiger partial charge >= 0.3 is 0 Å². The quantitative estimate of drug-likeness (QED) is 0.783. The van der Waals surface area contributed by atoms with E-state index in [2.05, 4.69) is 15.5 Å². The predicted molar refractivity (Wildman–Crippen MR) is 107 cm³/mol. The van der Waals surface area contributed by atoms with Crippen molar-refractivity contribution in [1.29, 1.82) is 0 Å². The first kappa shape index (κ1) is 14.5. The molecule has 4 rings (SSSR count). The van der Waals surface area contributed by atoms with Gasteiger partial charge in [-0.3, -0.25) is 0 Å². The van der Waals surface area contributed by atoms with Gasteiger partial charge < -0.3 is 20.2 Å². The van der Waals surface area contributed by atoms with Gasteiger partial charge in [-0.25, -0.2) is 0 Å². The van der Waals surface area contributed by atoms with E-state index in [4.69, 9.17) is 6.85 Å². The maximum Gasteiger partial charge on any atom is 0.274 e. The molecule has 29 heavy (non-hydrogen) atoms. The number of aromatic hydroxyl groups is 1. The number of benzene rings is 1. The van der Waals surface area contributed by atoms with Crippen molar-refractivity contribution in [3.63, 3.8) is 0 Å². The monoisotopic (exact) mass is 408 g/mol. The minimum absolute atomic E-state index is 0.0359. The van der Waals surface area contributed by atoms with Crippen LogP contribution in [0.3, 0.4) is 0 Å². The van der Waals surface area contributed by atoms with Crippen LogP contribution >= 0.6 is 0 Å². The van der Waals surface area contributed by atoms with Crippen LogP contribution in [0.1, 0.15) is 55.8 Å². The van der Waals surface area contributed by atoms with E-state index in [0.29, 0.717) is 41.9 Å². The molecule has 1 unspecified atom stereocenters. The summed E-state index contributed by atoms with van der Waals surface area (Å²) in [6.45, 7) is -4.62. The van der Waals surface area contributed by atoms with Crippen LogP contribution in [0.4, 0.5) is 8.78 Å². The highest BCUT2D eigenvalue weighted by Crippen LogP contribution is 2.44. The number of nitrogens with one attached hydrogen (secondary N) is 1. The molecule has 8 heteroatoms. The van der Waals surface area contributed by atoms with E-state index in [-0.39, 0.29) is 30.3 Å². The maximum atomic E-state index is 13.1. The van der Waals surface area contributed by atoms with Gasteiger partial charge in [0.25, 0.3) is 6.08 Å². The maximum absolute atomic E-state index is 13.1. The molecular formula is C21H27F2N5O. The summed E-state index contributed by atoms with van der Waals surface area (Å²) in [6.07, 6.45) is 1.21. The molecule has 156 valence electrons. The molecule has 2 aliphatic heterocycles. The number of nitrogens with zero attached hydrogens (tertiary/aromatic N) is 4. The standard InChI is InChI=1S/C21H27F2N5O/c1-3-28-10-4-5-13(11-28)24-18-12-27(2)21(26-25-18)17-9-6-14-15(19(17)29)7-8-16(14)20(22)23/h6,9,12-13,21,24,29H,3-5,7-8,10-11H2,1-2H3/t13?,21-/m0/s1/i1D3,3D2. The Morgan fingerprint density at radius 1 is 1.41 bits per heavy atom. The van der Waals surface area contributed by atoms with E-state index >= 15 is 0 Å². The van der Waals surface area contributed by atoms with E-state index < -0.39 is 25.6 Å². The molecule has 0 aromatic heterocycles. The molecule has 1 fully saturated rings. The fraction of sp³-hybridized carbons (Fsp3) is 0.524. The highest BCUT2D eigenvalue weighted by molar-refractivity contribution is 5.76. The van der Waals surface area contributed by atoms with Crippen molar-refractivity contribution in [2.24, 2.45) is 10.2 Å². The van der Waals surface area contributed by atoms with Gasteiger partial charge in [0.15, 0.2) is 12.0 Å². The molecular weight excluding hydrogens is 376 g/mol. The lowest BCUT2D eigenvalue weighted by molar-refractivity contribution is 0.202. The number of phenols is 1. The van der Waals surface area contributed by atoms with E-state index in [1.54, 1.807) is 30.3 Å². The molecule has 0 amide bonds. The lowest BCUT2D eigenvalue weighted by Crippen LogP contribution is -2.45. The van der Waals surface area contributed by atoms with Crippen LogP contribution in [-0.2, 0) is 6.42 Å². The third-order valence-electron chi connectivity index (χ3n) is 5.69. The average Bonchev–Trinajstić information content (AvgIpc) is 3.19. The molecule has 0 spiro atoms. The minimum Gasteiger partial charge on any atom is -0.507 e. The number of rotatable bonds is 4. The van der Waals surface area contributed by atoms with Crippen LogP contribution in [0.5, 0.6) is 5.75 Å². The summed E-state index contributed by atoms with van der Waals surface area (Å²) in [5.74, 6) is 0.384. The Bertz CT molecular complexity index is 1050. The number of azo groups is 1. The zero-order chi connectivity index (χ0) is 24.8. The zero-order valence-corrected chi connectivity index (χ0v) is 16.1. The van der Waals surface area contributed by atoms with Crippen molar-refractivity contribution in [3.05, 3.63) is 46.9 Å². The van der Waals surface area contributed by atoms with Crippen LogP contribution in [-0.4, -0.2) is 47.6 Å². The molecule has 1 aromatic carbocycles. The lowest BCUT2D eigenvalue weighted by Gasteiger charge is -2.34. The summed E-state index contributed by atoms with van der Waals surface area (Å²) < 4.78 is 64.8. The Labute approximate surface area is 176 Å². The number of allylic oxidation sites excluding steroid dienone is 1. The van der Waals surface area contributed by atoms with Gasteiger partial charge in [-0.15, -0.1) is 5.11 Å². The Kier molecular flexibility index (Phi) is 4.05. The van der Waals surface area contributed by atoms with Gasteiger partial charge in [-0.2, -0.15) is 13.9 Å². The zero-order valence-electron chi connectivity index (χ0n) is 21.1. The van der Waals surface area contributed by atoms with Crippen LogP contribution in [0.25, 0.3) is 5.57 Å². The summed E-state index contributed by atoms with van der Waals surface area (Å²) in [5.41, 5.74) is 1.29. The Morgan fingerprint density at radius 3 is 3.03 bits per heavy atom. The Hall–Kier alpha value is -2.48. The molecule has 3 aliphatic rings. The summed E-state index contributed by atoms with van der Waals surface area (Å²) in [7, 11) is 1.75. The molecule has 2 atom stereocenters. The highest BCUT2D eigenvalue weighted by Gasteiger charge is 2.29. The topological polar surface area (TPSA) is 63.5 Å². The van der Waals surface area contributed by atoms with Crippen molar-refractivity contribution >= 4 is 5.57 Å². The van der Waals surface area contributed by atoms with Crippen molar-refractivity contribution in [1.82, 2.24) is 15.1 Å². The summed E-state index contributed by atoms with van der Waals surface area (Å²) >= 11 is 0. The number of likely N-dealkylation sites (N-methyl/N-ethyl adjacent to an activating group) is 1. The van der Waals surface area contributed by atoms with Crippen molar-refractivity contribution < 1.29 is 20.7 Å². The minimum atomic E-state index is -2.75. The number of hydrogen-bond acceptors (Lipinski definition) is 6. The Balaban J connectivity index is 1.46. The molecule has 6 nitrogen and oxygen atoms in total. The fourth-order valence-electron chi connectivity index (χ4n) is 4.22. The molecule has 0 bridgehead atoms. The second kappa shape index (κ2) is 8.10. The normalized spacial score (nSPS) is 28.0. The third-order valence-corrected chi connectivity index (χ3v) is 5.69. The van der Waals surface area contributed by atoms with Crippen molar-refractivity contribution in [2.75, 3.05) is 26.6 Å². The van der Waals surface area contributed by atoms with Gasteiger partial charge in [0.1, 0.15) is 5.75 Å². The summed E-state index contributed by atoms with van der Waals surface area (Å²) in [4.78, 5) is 3.07. The van der Waals surface area contributed by atoms with Crippen LogP contribution in [0.2, 0.25) is 0 Å². The van der Waals surface area contributed by atoms with E-state index in [9.17, 15) is 13.9 Å². The predicted octanol–water partition coefficient (Wildman–Crippen LogP) is 4.22. The molecule has 1 aromatic rings. The van der Waals surface area contributed by atoms with Gasteiger partial charge in [-0.05, 0) is 44.3 Å². The van der Waals surface area contributed by atoms with E-state index in [1.807, 2.05) is 0 Å². The van der Waals surface area contributed by atoms with Crippen molar-refractivity contribution in [3.8, 4) is 5.75 Å². The van der Waals surface area contributed by atoms with Crippen molar-refractivity contribution in [2.45, 2.75) is 44.7 Å². The second-order valence-electron chi connectivity index (χ2n) is 7.58. The number of phenolic OH excluding ortho intramolecular Hbond substituents is 1. The van der Waals surface area contributed by atoms with E-state index in [1.165, 1.54) is 4.90 Å². The lowest BCUT2D eigenvalue weighted by atomic mass is 10.0. The molecule has 2 heterocycles. The first-order valence-corrected chi connectivity index (χ1v) is 9.65. The molecule has 2 N–H and O–H groups in total. The summed E-state index contributed by atoms with van der Waals surface area (Å²) in [6, 6.07) is 2.96. The van der Waals surface area contributed by atoms with Gasteiger partial charge in [0.05, 0.1) is 0 Å². The van der Waals surface area contributed by atoms with Gasteiger partial charge in [-0.1, -0.05) is 19.0 Å². The largest absolute Gasteiger partial charge is 0.507 e. The van der Waals surface area contributed by atoms with E-state index in [0.717, 1.165) is 6.42 Å². The van der Waals surface area contributed by atoms with Gasteiger partial charge in [0.2, 0.25) is 0 Å². The smallest absolute Gasteiger partial charge is 0.274 e.